The van der Waals surface area contributed by atoms with Gasteiger partial charge in [0.25, 0.3) is 0 Å². The van der Waals surface area contributed by atoms with Gasteiger partial charge >= 0.3 is 5.97 Å². The number of ether oxygens (including phenoxy) is 3. The predicted octanol–water partition coefficient (Wildman–Crippen LogP) is 1.72. The Balaban J connectivity index is 1.63. The maximum absolute atomic E-state index is 11.7. The molecule has 2 rings (SSSR count). The van der Waals surface area contributed by atoms with Gasteiger partial charge < -0.3 is 24.4 Å². The number of pyridine rings is 1. The lowest BCUT2D eigenvalue weighted by atomic mass is 10.0. The average molecular weight is 365 g/mol. The molecule has 1 fully saturated rings. The first kappa shape index (κ1) is 20.5. The van der Waals surface area contributed by atoms with Crippen molar-refractivity contribution in [3.8, 4) is 0 Å². The van der Waals surface area contributed by atoms with E-state index in [9.17, 15) is 15.0 Å². The highest BCUT2D eigenvalue weighted by molar-refractivity contribution is 5.81. The molecule has 1 unspecified atom stereocenters. The van der Waals surface area contributed by atoms with Gasteiger partial charge in [-0.3, -0.25) is 4.98 Å². The summed E-state index contributed by atoms with van der Waals surface area (Å²) in [6, 6.07) is 3.62. The quantitative estimate of drug-likeness (QED) is 0.535. The Bertz CT molecular complexity index is 579. The summed E-state index contributed by atoms with van der Waals surface area (Å²) in [6.45, 7) is 3.81. The molecule has 0 radical (unpaired) electrons. The van der Waals surface area contributed by atoms with Crippen LogP contribution in [0.15, 0.2) is 36.7 Å². The van der Waals surface area contributed by atoms with Crippen LogP contribution in [-0.2, 0) is 25.6 Å². The summed E-state index contributed by atoms with van der Waals surface area (Å²) in [5, 5.41) is 19.6. The van der Waals surface area contributed by atoms with E-state index in [4.69, 9.17) is 14.2 Å². The molecular weight excluding hydrogens is 338 g/mol. The van der Waals surface area contributed by atoms with Gasteiger partial charge in [-0.15, -0.1) is 0 Å². The summed E-state index contributed by atoms with van der Waals surface area (Å²) in [6.07, 6.45) is 5.18. The number of carbonyl (C=O) groups is 1. The molecule has 2 heterocycles. The molecule has 5 atom stereocenters. The molecule has 144 valence electrons. The molecule has 1 aromatic heterocycles. The van der Waals surface area contributed by atoms with E-state index in [0.717, 1.165) is 5.56 Å². The van der Waals surface area contributed by atoms with Crippen LogP contribution in [0.1, 0.15) is 38.7 Å². The first-order valence-electron chi connectivity index (χ1n) is 8.85. The molecule has 0 spiro atoms. The summed E-state index contributed by atoms with van der Waals surface area (Å²) in [5.41, 5.74) is 0.835. The molecule has 1 aromatic rings. The minimum atomic E-state index is -0.846. The second-order valence-electron chi connectivity index (χ2n) is 6.48. The van der Waals surface area contributed by atoms with Gasteiger partial charge in [0.1, 0.15) is 12.7 Å². The van der Waals surface area contributed by atoms with E-state index in [1.807, 2.05) is 13.0 Å². The van der Waals surface area contributed by atoms with Crippen LogP contribution < -0.4 is 0 Å². The van der Waals surface area contributed by atoms with Crippen LogP contribution in [0.4, 0.5) is 0 Å². The number of aliphatic hydroxyl groups is 2. The molecule has 7 nitrogen and oxygen atoms in total. The number of carbonyl (C=O) groups excluding carboxylic acids is 1. The maximum atomic E-state index is 11.7. The fourth-order valence-corrected chi connectivity index (χ4v) is 2.56. The van der Waals surface area contributed by atoms with Gasteiger partial charge in [-0.05, 0) is 32.8 Å². The fraction of sp³-hybridized carbons (Fsp3) is 0.579. The van der Waals surface area contributed by atoms with E-state index >= 15 is 0 Å². The molecular formula is C19H27NO6. The highest BCUT2D eigenvalue weighted by Gasteiger charge is 2.35. The van der Waals surface area contributed by atoms with Crippen molar-refractivity contribution in [2.24, 2.45) is 0 Å². The number of esters is 1. The number of rotatable bonds is 8. The Morgan fingerprint density at radius 3 is 3.00 bits per heavy atom. The fourth-order valence-electron chi connectivity index (χ4n) is 2.56. The predicted molar refractivity (Wildman–Crippen MR) is 93.9 cm³/mol. The summed E-state index contributed by atoms with van der Waals surface area (Å²) in [4.78, 5) is 15.6. The van der Waals surface area contributed by atoms with Crippen LogP contribution in [0.5, 0.6) is 0 Å². The van der Waals surface area contributed by atoms with Gasteiger partial charge in [0, 0.05) is 30.5 Å². The number of aliphatic hydroxyl groups excluding tert-OH is 2. The Morgan fingerprint density at radius 1 is 1.46 bits per heavy atom. The van der Waals surface area contributed by atoms with E-state index < -0.39 is 24.5 Å². The average Bonchev–Trinajstić information content (AvgIpc) is 2.62. The van der Waals surface area contributed by atoms with E-state index in [1.54, 1.807) is 31.5 Å². The number of hydrogen-bond acceptors (Lipinski definition) is 7. The van der Waals surface area contributed by atoms with Crippen LogP contribution in [0.2, 0.25) is 0 Å². The molecule has 26 heavy (non-hydrogen) atoms. The Hall–Kier alpha value is -1.80. The van der Waals surface area contributed by atoms with Gasteiger partial charge in [0.05, 0.1) is 18.3 Å². The third-order valence-corrected chi connectivity index (χ3v) is 4.15. The summed E-state index contributed by atoms with van der Waals surface area (Å²) in [5.74, 6) is -0.406. The highest BCUT2D eigenvalue weighted by Crippen LogP contribution is 2.22. The van der Waals surface area contributed by atoms with Gasteiger partial charge in [-0.1, -0.05) is 12.1 Å². The lowest BCUT2D eigenvalue weighted by Crippen LogP contribution is -2.48. The molecule has 0 aliphatic carbocycles. The zero-order chi connectivity index (χ0) is 18.9. The minimum Gasteiger partial charge on any atom is -0.458 e. The number of allylic oxidation sites excluding steroid dienone is 1. The lowest BCUT2D eigenvalue weighted by molar-refractivity contribution is -0.273. The normalized spacial score (nSPS) is 27.4. The number of aromatic nitrogens is 1. The summed E-state index contributed by atoms with van der Waals surface area (Å²) in [7, 11) is 0. The molecule has 0 bridgehead atoms. The van der Waals surface area contributed by atoms with Crippen LogP contribution >= 0.6 is 0 Å². The highest BCUT2D eigenvalue weighted by atomic mass is 16.7. The second kappa shape index (κ2) is 10.4. The van der Waals surface area contributed by atoms with E-state index in [1.165, 1.54) is 6.08 Å². The maximum Gasteiger partial charge on any atom is 0.330 e. The zero-order valence-corrected chi connectivity index (χ0v) is 15.2. The largest absolute Gasteiger partial charge is 0.458 e. The molecule has 7 heteroatoms. The Labute approximate surface area is 153 Å². The van der Waals surface area contributed by atoms with Crippen molar-refractivity contribution in [3.63, 3.8) is 0 Å². The summed E-state index contributed by atoms with van der Waals surface area (Å²) < 4.78 is 16.3. The van der Waals surface area contributed by atoms with E-state index in [0.29, 0.717) is 12.8 Å². The Morgan fingerprint density at radius 2 is 2.27 bits per heavy atom. The first-order chi connectivity index (χ1) is 12.5. The standard InChI is InChI=1S/C19H27NO6/c1-13(25-19-17(22)10-16(21)14(2)26-19)6-3-4-8-18(23)24-12-15-7-5-9-20-11-15/h4-5,7-9,11,13-14,16-17,19,21-22H,3,6,10,12H2,1-2H3/b8-4+/t13?,14-,16+,17+,19+/m0/s1. The van der Waals surface area contributed by atoms with Crippen LogP contribution in [0.25, 0.3) is 0 Å². The van der Waals surface area contributed by atoms with Crippen molar-refractivity contribution in [1.29, 1.82) is 0 Å². The molecule has 0 amide bonds. The molecule has 1 aliphatic rings. The van der Waals surface area contributed by atoms with E-state index in [-0.39, 0.29) is 25.2 Å². The van der Waals surface area contributed by atoms with Crippen molar-refractivity contribution in [2.75, 3.05) is 0 Å². The van der Waals surface area contributed by atoms with Crippen LogP contribution in [0.3, 0.4) is 0 Å². The molecule has 2 N–H and O–H groups in total. The van der Waals surface area contributed by atoms with Crippen molar-refractivity contribution >= 4 is 5.97 Å². The van der Waals surface area contributed by atoms with Crippen LogP contribution in [0, 0.1) is 0 Å². The topological polar surface area (TPSA) is 98.1 Å². The SMILES string of the molecule is CC(CC/C=C/C(=O)OCc1cccnc1)O[C@@H]1O[C@@H](C)[C@H](O)C[C@H]1O. The third kappa shape index (κ3) is 6.84. The molecule has 1 saturated heterocycles. The molecule has 0 aromatic carbocycles. The molecule has 1 aliphatic heterocycles. The van der Waals surface area contributed by atoms with Crippen molar-refractivity contribution in [3.05, 3.63) is 42.2 Å². The lowest BCUT2D eigenvalue weighted by Gasteiger charge is -2.36. The minimum absolute atomic E-state index is 0.159. The van der Waals surface area contributed by atoms with Gasteiger partial charge in [0.15, 0.2) is 6.29 Å². The summed E-state index contributed by atoms with van der Waals surface area (Å²) >= 11 is 0. The molecule has 0 saturated carbocycles. The van der Waals surface area contributed by atoms with Crippen molar-refractivity contribution < 1.29 is 29.2 Å². The zero-order valence-electron chi connectivity index (χ0n) is 15.2. The van der Waals surface area contributed by atoms with Crippen LogP contribution in [-0.4, -0.2) is 51.9 Å². The van der Waals surface area contributed by atoms with E-state index in [2.05, 4.69) is 4.98 Å². The third-order valence-electron chi connectivity index (χ3n) is 4.15. The number of nitrogens with zero attached hydrogens (tertiary/aromatic N) is 1. The van der Waals surface area contributed by atoms with Gasteiger partial charge in [-0.25, -0.2) is 4.79 Å². The Kier molecular flexibility index (Phi) is 8.18. The monoisotopic (exact) mass is 365 g/mol. The van der Waals surface area contributed by atoms with Gasteiger partial charge in [-0.2, -0.15) is 0 Å². The smallest absolute Gasteiger partial charge is 0.330 e. The van der Waals surface area contributed by atoms with Crippen molar-refractivity contribution in [2.45, 2.75) is 70.4 Å². The van der Waals surface area contributed by atoms with Gasteiger partial charge in [0.2, 0.25) is 0 Å². The number of hydrogen-bond donors (Lipinski definition) is 2. The second-order valence-corrected chi connectivity index (χ2v) is 6.48. The van der Waals surface area contributed by atoms with Crippen molar-refractivity contribution in [1.82, 2.24) is 4.98 Å². The first-order valence-corrected chi connectivity index (χ1v) is 8.85.